The van der Waals surface area contributed by atoms with E-state index in [1.54, 1.807) is 37.6 Å². The molecule has 0 atom stereocenters. The molecule has 3 aromatic heterocycles. The quantitative estimate of drug-likeness (QED) is 0.470. The smallest absolute Gasteiger partial charge is 0.232 e. The van der Waals surface area contributed by atoms with Gasteiger partial charge in [-0.2, -0.15) is 0 Å². The van der Waals surface area contributed by atoms with Crippen LogP contribution in [0.3, 0.4) is 0 Å². The van der Waals surface area contributed by atoms with E-state index >= 15 is 0 Å². The van der Waals surface area contributed by atoms with Gasteiger partial charge in [0.05, 0.1) is 6.20 Å². The molecule has 0 aliphatic rings. The van der Waals surface area contributed by atoms with Crippen molar-refractivity contribution in [3.63, 3.8) is 0 Å². The molecular weight excluding hydrogens is 366 g/mol. The summed E-state index contributed by atoms with van der Waals surface area (Å²) in [6.45, 7) is 1.79. The SMILES string of the molecule is CCC(=O)n1cnc2nc(-c3ccc(C(=O)CCc4cccnc4)cc3)ncc21. The van der Waals surface area contributed by atoms with Crippen molar-refractivity contribution in [1.29, 1.82) is 0 Å². The molecule has 29 heavy (non-hydrogen) atoms. The minimum absolute atomic E-state index is 0.0574. The molecule has 1 aromatic carbocycles. The summed E-state index contributed by atoms with van der Waals surface area (Å²) in [6.07, 6.45) is 8.03. The van der Waals surface area contributed by atoms with E-state index < -0.39 is 0 Å². The van der Waals surface area contributed by atoms with Gasteiger partial charge >= 0.3 is 0 Å². The molecule has 0 amide bonds. The number of nitrogens with zero attached hydrogens (tertiary/aromatic N) is 5. The maximum Gasteiger partial charge on any atom is 0.232 e. The van der Waals surface area contributed by atoms with Crippen LogP contribution in [0.15, 0.2) is 61.3 Å². The van der Waals surface area contributed by atoms with E-state index in [2.05, 4.69) is 19.9 Å². The second-order valence-electron chi connectivity index (χ2n) is 6.63. The van der Waals surface area contributed by atoms with E-state index in [9.17, 15) is 9.59 Å². The Balaban J connectivity index is 1.50. The van der Waals surface area contributed by atoms with E-state index in [0.29, 0.717) is 41.8 Å². The van der Waals surface area contributed by atoms with Gasteiger partial charge in [-0.25, -0.2) is 15.0 Å². The van der Waals surface area contributed by atoms with Crippen LogP contribution < -0.4 is 0 Å². The molecule has 4 aromatic rings. The molecule has 4 rings (SSSR count). The molecule has 0 N–H and O–H groups in total. The van der Waals surface area contributed by atoms with Crippen LogP contribution in [0, 0.1) is 0 Å². The summed E-state index contributed by atoms with van der Waals surface area (Å²) in [6, 6.07) is 11.1. The van der Waals surface area contributed by atoms with Gasteiger partial charge in [0.2, 0.25) is 5.91 Å². The Hall–Kier alpha value is -3.74. The van der Waals surface area contributed by atoms with Crippen molar-refractivity contribution < 1.29 is 9.59 Å². The number of benzene rings is 1. The first-order valence-electron chi connectivity index (χ1n) is 9.41. The van der Waals surface area contributed by atoms with E-state index in [0.717, 1.165) is 11.1 Å². The number of aryl methyl sites for hydroxylation is 1. The first-order valence-corrected chi connectivity index (χ1v) is 9.41. The summed E-state index contributed by atoms with van der Waals surface area (Å²) in [5.41, 5.74) is 3.53. The van der Waals surface area contributed by atoms with E-state index in [1.165, 1.54) is 10.9 Å². The van der Waals surface area contributed by atoms with Gasteiger partial charge in [-0.3, -0.25) is 19.1 Å². The van der Waals surface area contributed by atoms with Crippen LogP contribution in [0.25, 0.3) is 22.6 Å². The number of aromatic nitrogens is 5. The van der Waals surface area contributed by atoms with Gasteiger partial charge in [0.15, 0.2) is 17.3 Å². The number of ketones is 1. The predicted molar refractivity (Wildman–Crippen MR) is 109 cm³/mol. The van der Waals surface area contributed by atoms with Crippen molar-refractivity contribution in [3.05, 3.63) is 72.4 Å². The third-order valence-corrected chi connectivity index (χ3v) is 4.70. The average Bonchev–Trinajstić information content (AvgIpc) is 3.21. The Morgan fingerprint density at radius 2 is 1.86 bits per heavy atom. The highest BCUT2D eigenvalue weighted by Crippen LogP contribution is 2.19. The monoisotopic (exact) mass is 385 g/mol. The number of pyridine rings is 1. The highest BCUT2D eigenvalue weighted by Gasteiger charge is 2.12. The van der Waals surface area contributed by atoms with Crippen LogP contribution in [-0.4, -0.2) is 36.2 Å². The lowest BCUT2D eigenvalue weighted by Crippen LogP contribution is -2.07. The number of carbonyl (C=O) groups excluding carboxylic acids is 2. The highest BCUT2D eigenvalue weighted by atomic mass is 16.2. The molecule has 0 spiro atoms. The third kappa shape index (κ3) is 3.94. The minimum atomic E-state index is -0.0574. The topological polar surface area (TPSA) is 90.6 Å². The number of rotatable bonds is 6. The number of fused-ring (bicyclic) bond motifs is 1. The molecule has 0 unspecified atom stereocenters. The lowest BCUT2D eigenvalue weighted by Gasteiger charge is -2.04. The summed E-state index contributed by atoms with van der Waals surface area (Å²) < 4.78 is 1.46. The molecular formula is C22H19N5O2. The van der Waals surface area contributed by atoms with Gasteiger partial charge in [0.1, 0.15) is 11.8 Å². The number of hydrogen-bond acceptors (Lipinski definition) is 6. The molecule has 0 radical (unpaired) electrons. The Morgan fingerprint density at radius 3 is 2.59 bits per heavy atom. The van der Waals surface area contributed by atoms with Crippen molar-refractivity contribution in [1.82, 2.24) is 24.5 Å². The molecule has 0 fully saturated rings. The van der Waals surface area contributed by atoms with E-state index in [1.807, 2.05) is 24.3 Å². The molecule has 0 bridgehead atoms. The summed E-state index contributed by atoms with van der Waals surface area (Å²) in [4.78, 5) is 41.4. The third-order valence-electron chi connectivity index (χ3n) is 4.70. The zero-order valence-electron chi connectivity index (χ0n) is 15.9. The zero-order valence-corrected chi connectivity index (χ0v) is 15.9. The second-order valence-corrected chi connectivity index (χ2v) is 6.63. The summed E-state index contributed by atoms with van der Waals surface area (Å²) in [7, 11) is 0. The Labute approximate surface area is 167 Å². The van der Waals surface area contributed by atoms with Gasteiger partial charge in [-0.15, -0.1) is 0 Å². The fourth-order valence-electron chi connectivity index (χ4n) is 3.07. The molecule has 7 nitrogen and oxygen atoms in total. The second kappa shape index (κ2) is 8.10. The fourth-order valence-corrected chi connectivity index (χ4v) is 3.07. The maximum absolute atomic E-state index is 12.4. The van der Waals surface area contributed by atoms with Crippen molar-refractivity contribution in [2.45, 2.75) is 26.2 Å². The lowest BCUT2D eigenvalue weighted by molar-refractivity contribution is 0.0912. The minimum Gasteiger partial charge on any atom is -0.294 e. The van der Waals surface area contributed by atoms with Crippen LogP contribution >= 0.6 is 0 Å². The molecule has 144 valence electrons. The van der Waals surface area contributed by atoms with Gasteiger partial charge in [0.25, 0.3) is 0 Å². The van der Waals surface area contributed by atoms with E-state index in [4.69, 9.17) is 0 Å². The van der Waals surface area contributed by atoms with Crippen LogP contribution in [-0.2, 0) is 6.42 Å². The van der Waals surface area contributed by atoms with E-state index in [-0.39, 0.29) is 11.7 Å². The van der Waals surface area contributed by atoms with Gasteiger partial charge in [-0.1, -0.05) is 37.3 Å². The van der Waals surface area contributed by atoms with Crippen LogP contribution in [0.5, 0.6) is 0 Å². The Kier molecular flexibility index (Phi) is 5.20. The molecule has 0 saturated heterocycles. The number of carbonyl (C=O) groups is 2. The molecule has 0 aliphatic carbocycles. The van der Waals surface area contributed by atoms with Crippen molar-refractivity contribution in [2.24, 2.45) is 0 Å². The summed E-state index contributed by atoms with van der Waals surface area (Å²) in [5.74, 6) is 0.521. The first-order chi connectivity index (χ1) is 14.2. The van der Waals surface area contributed by atoms with Crippen molar-refractivity contribution in [2.75, 3.05) is 0 Å². The Bertz CT molecular complexity index is 1170. The number of hydrogen-bond donors (Lipinski definition) is 0. The van der Waals surface area contributed by atoms with Crippen molar-refractivity contribution in [3.8, 4) is 11.4 Å². The predicted octanol–water partition coefficient (Wildman–Crippen LogP) is 3.75. The van der Waals surface area contributed by atoms with Gasteiger partial charge in [0, 0.05) is 36.4 Å². The summed E-state index contributed by atoms with van der Waals surface area (Å²) in [5, 5.41) is 0. The molecule has 0 aliphatic heterocycles. The van der Waals surface area contributed by atoms with Crippen LogP contribution in [0.1, 0.15) is 40.5 Å². The van der Waals surface area contributed by atoms with Gasteiger partial charge < -0.3 is 0 Å². The highest BCUT2D eigenvalue weighted by molar-refractivity contribution is 5.96. The van der Waals surface area contributed by atoms with Crippen LogP contribution in [0.4, 0.5) is 0 Å². The normalized spacial score (nSPS) is 10.9. The summed E-state index contributed by atoms with van der Waals surface area (Å²) >= 11 is 0. The first kappa shape index (κ1) is 18.6. The standard InChI is InChI=1S/C22H19N5O2/c1-2-20(29)27-14-25-22-18(27)13-24-21(26-22)17-8-6-16(7-9-17)19(28)10-5-15-4-3-11-23-12-15/h3-4,6-9,11-14H,2,5,10H2,1H3. The maximum atomic E-state index is 12.4. The molecule has 7 heteroatoms. The average molecular weight is 385 g/mol. The molecule has 3 heterocycles. The lowest BCUT2D eigenvalue weighted by atomic mass is 10.0. The molecule has 0 saturated carbocycles. The van der Waals surface area contributed by atoms with Gasteiger partial charge in [-0.05, 0) is 18.1 Å². The fraction of sp³-hybridized carbons (Fsp3) is 0.182. The Morgan fingerprint density at radius 1 is 1.03 bits per heavy atom. The van der Waals surface area contributed by atoms with Crippen LogP contribution in [0.2, 0.25) is 0 Å². The van der Waals surface area contributed by atoms with Crippen molar-refractivity contribution >= 4 is 22.9 Å². The largest absolute Gasteiger partial charge is 0.294 e. The zero-order chi connectivity index (χ0) is 20.2. The number of Topliss-reactive ketones (excluding diaryl/α,β-unsaturated/α-hetero) is 1. The number of imidazole rings is 1.